The van der Waals surface area contributed by atoms with E-state index in [-0.39, 0.29) is 12.0 Å². The lowest BCUT2D eigenvalue weighted by atomic mass is 10.1. The number of aryl methyl sites for hydroxylation is 1. The Morgan fingerprint density at radius 3 is 2.85 bits per heavy atom. The van der Waals surface area contributed by atoms with Crippen LogP contribution in [-0.4, -0.2) is 46.7 Å². The lowest BCUT2D eigenvalue weighted by Crippen LogP contribution is -2.40. The Morgan fingerprint density at radius 1 is 1.21 bits per heavy atom. The van der Waals surface area contributed by atoms with Gasteiger partial charge in [-0.1, -0.05) is 41.0 Å². The minimum absolute atomic E-state index is 0.0137. The molecule has 1 aliphatic heterocycles. The molecule has 4 rings (SSSR count). The van der Waals surface area contributed by atoms with Gasteiger partial charge in [0.15, 0.2) is 0 Å². The third-order valence-corrected chi connectivity index (χ3v) is 5.83. The van der Waals surface area contributed by atoms with Crippen LogP contribution in [0, 0.1) is 0 Å². The molecule has 1 amide bonds. The molecule has 7 nitrogen and oxygen atoms in total. The van der Waals surface area contributed by atoms with Gasteiger partial charge in [-0.2, -0.15) is 4.98 Å². The molecule has 1 aliphatic rings. The van der Waals surface area contributed by atoms with Crippen LogP contribution < -0.4 is 5.32 Å². The number of hydrogen-bond acceptors (Lipinski definition) is 6. The van der Waals surface area contributed by atoms with Crippen LogP contribution in [0.25, 0.3) is 11.4 Å². The van der Waals surface area contributed by atoms with Crippen molar-refractivity contribution >= 4 is 17.5 Å². The topological polar surface area (TPSA) is 80.5 Å². The second-order valence-corrected chi connectivity index (χ2v) is 8.82. The van der Waals surface area contributed by atoms with Gasteiger partial charge >= 0.3 is 0 Å². The van der Waals surface area contributed by atoms with E-state index in [1.165, 1.54) is 5.56 Å². The normalized spacial score (nSPS) is 16.6. The van der Waals surface area contributed by atoms with Crippen molar-refractivity contribution in [2.45, 2.75) is 45.4 Å². The van der Waals surface area contributed by atoms with Gasteiger partial charge in [0.05, 0.1) is 12.7 Å². The van der Waals surface area contributed by atoms with Crippen LogP contribution in [-0.2, 0) is 29.0 Å². The van der Waals surface area contributed by atoms with Crippen molar-refractivity contribution in [3.63, 3.8) is 0 Å². The third-order valence-electron chi connectivity index (χ3n) is 5.58. The van der Waals surface area contributed by atoms with Gasteiger partial charge in [0.2, 0.25) is 17.6 Å². The number of amides is 1. The van der Waals surface area contributed by atoms with E-state index >= 15 is 0 Å². The first kappa shape index (κ1) is 23.4. The van der Waals surface area contributed by atoms with E-state index in [1.807, 2.05) is 18.2 Å². The van der Waals surface area contributed by atoms with E-state index in [0.717, 1.165) is 37.4 Å². The molecule has 1 aromatic heterocycles. The predicted molar refractivity (Wildman–Crippen MR) is 127 cm³/mol. The van der Waals surface area contributed by atoms with Crippen LogP contribution >= 0.6 is 11.6 Å². The number of rotatable bonds is 9. The summed E-state index contributed by atoms with van der Waals surface area (Å²) in [6, 6.07) is 15.7. The number of benzene rings is 2. The molecule has 0 saturated carbocycles. The van der Waals surface area contributed by atoms with Gasteiger partial charge in [-0.25, -0.2) is 0 Å². The van der Waals surface area contributed by atoms with Crippen molar-refractivity contribution in [1.29, 1.82) is 0 Å². The number of aromatic nitrogens is 2. The number of nitrogens with zero attached hydrogens (tertiary/aromatic N) is 3. The van der Waals surface area contributed by atoms with E-state index in [2.05, 4.69) is 45.5 Å². The smallest absolute Gasteiger partial charge is 0.226 e. The van der Waals surface area contributed by atoms with Crippen LogP contribution in [0.4, 0.5) is 0 Å². The van der Waals surface area contributed by atoms with Crippen LogP contribution in [0.5, 0.6) is 0 Å². The highest BCUT2D eigenvalue weighted by Crippen LogP contribution is 2.19. The number of carbonyl (C=O) groups is 1. The van der Waals surface area contributed by atoms with Crippen molar-refractivity contribution in [3.05, 3.63) is 70.6 Å². The maximum atomic E-state index is 12.3. The third kappa shape index (κ3) is 7.12. The molecular weight excluding hydrogens is 440 g/mol. The van der Waals surface area contributed by atoms with Gasteiger partial charge < -0.3 is 14.6 Å². The molecule has 1 unspecified atom stereocenters. The summed E-state index contributed by atoms with van der Waals surface area (Å²) in [4.78, 5) is 19.1. The highest BCUT2D eigenvalue weighted by atomic mass is 35.5. The second kappa shape index (κ2) is 11.4. The fourth-order valence-electron chi connectivity index (χ4n) is 3.89. The molecule has 1 fully saturated rings. The summed E-state index contributed by atoms with van der Waals surface area (Å²) < 4.78 is 10.9. The first-order chi connectivity index (χ1) is 16.0. The van der Waals surface area contributed by atoms with Crippen molar-refractivity contribution in [2.75, 3.05) is 19.7 Å². The Balaban J connectivity index is 1.19. The molecular formula is C25H29ClN4O3. The molecule has 8 heteroatoms. The highest BCUT2D eigenvalue weighted by molar-refractivity contribution is 6.30. The number of carbonyl (C=O) groups excluding carboxylic acids is 1. The average molecular weight is 469 g/mol. The molecule has 1 saturated heterocycles. The molecule has 1 atom stereocenters. The lowest BCUT2D eigenvalue weighted by Gasteiger charge is -2.31. The number of nitrogens with one attached hydrogen (secondary N) is 1. The van der Waals surface area contributed by atoms with Crippen molar-refractivity contribution in [2.24, 2.45) is 0 Å². The van der Waals surface area contributed by atoms with E-state index in [1.54, 1.807) is 12.1 Å². The molecule has 2 aromatic carbocycles. The molecule has 0 radical (unpaired) electrons. The van der Waals surface area contributed by atoms with Gasteiger partial charge in [0.25, 0.3) is 0 Å². The Kier molecular flexibility index (Phi) is 8.10. The van der Waals surface area contributed by atoms with E-state index in [0.29, 0.717) is 42.5 Å². The van der Waals surface area contributed by atoms with E-state index in [4.69, 9.17) is 20.9 Å². The summed E-state index contributed by atoms with van der Waals surface area (Å²) in [7, 11) is 0. The predicted octanol–water partition coefficient (Wildman–Crippen LogP) is 4.25. The minimum Gasteiger partial charge on any atom is -0.376 e. The fourth-order valence-corrected chi connectivity index (χ4v) is 4.02. The zero-order chi connectivity index (χ0) is 23.0. The Bertz CT molecular complexity index is 1050. The van der Waals surface area contributed by atoms with Crippen LogP contribution in [0.2, 0.25) is 5.02 Å². The van der Waals surface area contributed by atoms with Gasteiger partial charge in [0.1, 0.15) is 0 Å². The largest absolute Gasteiger partial charge is 0.376 e. The number of halogens is 1. The zero-order valence-corrected chi connectivity index (χ0v) is 19.6. The SMILES string of the molecule is CC1CN(Cc2cccc(CNC(=O)CCCc3nc(-c4ccc(Cl)cc4)no3)c2)CCO1. The standard InChI is InChI=1S/C25H29ClN4O3/c1-18-16-30(12-13-32-18)17-20-5-2-4-19(14-20)15-27-23(31)6-3-7-24-28-25(29-33-24)21-8-10-22(26)11-9-21/h2,4-5,8-11,14,18H,3,6-7,12-13,15-17H2,1H3,(H,27,31). The molecule has 0 aliphatic carbocycles. The lowest BCUT2D eigenvalue weighted by molar-refractivity contribution is -0.121. The fraction of sp³-hybridized carbons (Fsp3) is 0.400. The molecule has 174 valence electrons. The van der Waals surface area contributed by atoms with Crippen LogP contribution in [0.15, 0.2) is 53.1 Å². The summed E-state index contributed by atoms with van der Waals surface area (Å²) in [5, 5.41) is 7.67. The molecule has 1 N–H and O–H groups in total. The number of hydrogen-bond donors (Lipinski definition) is 1. The quantitative estimate of drug-likeness (QED) is 0.505. The van der Waals surface area contributed by atoms with E-state index < -0.39 is 0 Å². The maximum Gasteiger partial charge on any atom is 0.226 e. The molecule has 2 heterocycles. The van der Waals surface area contributed by atoms with Crippen molar-refractivity contribution in [1.82, 2.24) is 20.4 Å². The highest BCUT2D eigenvalue weighted by Gasteiger charge is 2.16. The van der Waals surface area contributed by atoms with Crippen LogP contribution in [0.3, 0.4) is 0 Å². The van der Waals surface area contributed by atoms with Gasteiger partial charge in [-0.15, -0.1) is 0 Å². The molecule has 0 spiro atoms. The average Bonchev–Trinajstić information content (AvgIpc) is 3.27. The van der Waals surface area contributed by atoms with Gasteiger partial charge in [0, 0.05) is 49.6 Å². The zero-order valence-electron chi connectivity index (χ0n) is 18.8. The number of morpholine rings is 1. The molecule has 33 heavy (non-hydrogen) atoms. The Labute approximate surface area is 199 Å². The summed E-state index contributed by atoms with van der Waals surface area (Å²) in [6.45, 7) is 6.21. The Morgan fingerprint density at radius 2 is 2.03 bits per heavy atom. The summed E-state index contributed by atoms with van der Waals surface area (Å²) in [6.07, 6.45) is 1.88. The van der Waals surface area contributed by atoms with Crippen molar-refractivity contribution < 1.29 is 14.1 Å². The van der Waals surface area contributed by atoms with Crippen LogP contribution in [0.1, 0.15) is 36.8 Å². The van der Waals surface area contributed by atoms with Gasteiger partial charge in [-0.3, -0.25) is 9.69 Å². The molecule has 3 aromatic rings. The Hall–Kier alpha value is -2.74. The molecule has 0 bridgehead atoms. The van der Waals surface area contributed by atoms with Crippen molar-refractivity contribution in [3.8, 4) is 11.4 Å². The minimum atomic E-state index is 0.0137. The number of ether oxygens (including phenoxy) is 1. The summed E-state index contributed by atoms with van der Waals surface area (Å²) in [5.74, 6) is 1.07. The summed E-state index contributed by atoms with van der Waals surface area (Å²) >= 11 is 5.91. The van der Waals surface area contributed by atoms with Gasteiger partial charge in [-0.05, 0) is 48.7 Å². The summed E-state index contributed by atoms with van der Waals surface area (Å²) in [5.41, 5.74) is 3.20. The second-order valence-electron chi connectivity index (χ2n) is 8.39. The van der Waals surface area contributed by atoms with E-state index in [9.17, 15) is 4.79 Å². The maximum absolute atomic E-state index is 12.3. The first-order valence-electron chi connectivity index (χ1n) is 11.3. The monoisotopic (exact) mass is 468 g/mol. The first-order valence-corrected chi connectivity index (χ1v) is 11.7.